The van der Waals surface area contributed by atoms with Crippen molar-refractivity contribution in [3.05, 3.63) is 71.1 Å². The smallest absolute Gasteiger partial charge is 0.264 e. The van der Waals surface area contributed by atoms with Gasteiger partial charge in [-0.05, 0) is 48.6 Å². The molecule has 1 aliphatic carbocycles. The Balaban J connectivity index is 1.69. The van der Waals surface area contributed by atoms with Gasteiger partial charge in [-0.1, -0.05) is 17.3 Å². The number of nitrogen functional groups attached to an aromatic ring is 1. The van der Waals surface area contributed by atoms with Gasteiger partial charge >= 0.3 is 0 Å². The molecule has 34 heavy (non-hydrogen) atoms. The van der Waals surface area contributed by atoms with Crippen molar-refractivity contribution in [3.63, 3.8) is 0 Å². The van der Waals surface area contributed by atoms with Gasteiger partial charge in [-0.2, -0.15) is 8.42 Å². The van der Waals surface area contributed by atoms with Gasteiger partial charge in [0.25, 0.3) is 10.1 Å². The number of pyridine rings is 1. The van der Waals surface area contributed by atoms with E-state index >= 15 is 0 Å². The molecule has 4 rings (SSSR count). The summed E-state index contributed by atoms with van der Waals surface area (Å²) in [4.78, 5) is 18.2. The summed E-state index contributed by atoms with van der Waals surface area (Å²) in [6, 6.07) is 8.38. The van der Waals surface area contributed by atoms with Crippen LogP contribution in [0.2, 0.25) is 0 Å². The zero-order valence-corrected chi connectivity index (χ0v) is 19.5. The maximum Gasteiger partial charge on any atom is 0.264 e. The number of oxime groups is 1. The maximum atomic E-state index is 14.2. The first-order valence-electron chi connectivity index (χ1n) is 10.6. The Morgan fingerprint density at radius 1 is 1.21 bits per heavy atom. The van der Waals surface area contributed by atoms with Crippen molar-refractivity contribution in [1.82, 2.24) is 15.0 Å². The van der Waals surface area contributed by atoms with Gasteiger partial charge in [0, 0.05) is 29.9 Å². The summed E-state index contributed by atoms with van der Waals surface area (Å²) in [6.07, 6.45) is 5.36. The highest BCUT2D eigenvalue weighted by Crippen LogP contribution is 2.38. The van der Waals surface area contributed by atoms with E-state index < -0.39 is 10.1 Å². The Bertz CT molecular complexity index is 1330. The first-order valence-corrected chi connectivity index (χ1v) is 12.4. The van der Waals surface area contributed by atoms with E-state index in [1.807, 2.05) is 13.0 Å². The van der Waals surface area contributed by atoms with Crippen molar-refractivity contribution in [1.29, 1.82) is 0 Å². The summed E-state index contributed by atoms with van der Waals surface area (Å²) in [6.45, 7) is 1.60. The van der Waals surface area contributed by atoms with Gasteiger partial charge in [0.15, 0.2) is 0 Å². The average molecular weight is 486 g/mol. The Morgan fingerprint density at radius 2 is 2.03 bits per heavy atom. The van der Waals surface area contributed by atoms with Gasteiger partial charge in [0.05, 0.1) is 23.4 Å². The number of fused-ring (bicyclic) bond motifs is 1. The van der Waals surface area contributed by atoms with Crippen molar-refractivity contribution in [2.45, 2.75) is 25.7 Å². The van der Waals surface area contributed by atoms with Crippen LogP contribution in [0.25, 0.3) is 11.1 Å². The second-order valence-corrected chi connectivity index (χ2v) is 9.61. The molecule has 0 radical (unpaired) electrons. The van der Waals surface area contributed by atoms with E-state index in [0.717, 1.165) is 34.2 Å². The third-order valence-electron chi connectivity index (χ3n) is 5.42. The molecular formula is C23H24FN5O4S. The van der Waals surface area contributed by atoms with Crippen LogP contribution in [0.3, 0.4) is 0 Å². The molecule has 0 saturated carbocycles. The minimum atomic E-state index is -3.57. The lowest BCUT2D eigenvalue weighted by atomic mass is 9.78. The largest absolute Gasteiger partial charge is 0.393 e. The number of hydrogen-bond acceptors (Lipinski definition) is 9. The van der Waals surface area contributed by atoms with Gasteiger partial charge in [-0.3, -0.25) is 9.17 Å². The van der Waals surface area contributed by atoms with E-state index in [4.69, 9.17) is 10.6 Å². The Morgan fingerprint density at radius 3 is 2.76 bits per heavy atom. The van der Waals surface area contributed by atoms with Crippen LogP contribution in [0.1, 0.15) is 34.9 Å². The summed E-state index contributed by atoms with van der Waals surface area (Å²) < 4.78 is 41.1. The van der Waals surface area contributed by atoms with Crippen LogP contribution in [0, 0.1) is 12.7 Å². The van der Waals surface area contributed by atoms with Crippen molar-refractivity contribution < 1.29 is 21.8 Å². The second kappa shape index (κ2) is 9.82. The van der Waals surface area contributed by atoms with Gasteiger partial charge in [0.2, 0.25) is 5.95 Å². The van der Waals surface area contributed by atoms with Gasteiger partial charge in [-0.25, -0.2) is 14.4 Å². The van der Waals surface area contributed by atoms with E-state index in [2.05, 4.69) is 24.3 Å². The van der Waals surface area contributed by atoms with E-state index in [1.54, 1.807) is 24.5 Å². The van der Waals surface area contributed by atoms with Crippen LogP contribution in [-0.2, 0) is 25.6 Å². The summed E-state index contributed by atoms with van der Waals surface area (Å²) in [5, 5.41) is 4.26. The first kappa shape index (κ1) is 23.7. The number of halogens is 1. The number of nitrogens with two attached hydrogens (primary N) is 1. The number of aromatic nitrogens is 3. The van der Waals surface area contributed by atoms with Crippen molar-refractivity contribution in [3.8, 4) is 11.1 Å². The molecule has 2 N–H and O–H groups in total. The fourth-order valence-corrected chi connectivity index (χ4v) is 4.50. The number of rotatable bonds is 7. The third kappa shape index (κ3) is 5.54. The van der Waals surface area contributed by atoms with Crippen LogP contribution in [0.4, 0.5) is 10.3 Å². The van der Waals surface area contributed by atoms with Crippen molar-refractivity contribution in [2.24, 2.45) is 5.16 Å². The molecule has 0 spiro atoms. The molecule has 0 aliphatic heterocycles. The molecule has 0 saturated heterocycles. The zero-order chi connectivity index (χ0) is 24.3. The molecule has 178 valence electrons. The fourth-order valence-electron chi connectivity index (χ4n) is 4.13. The molecule has 3 aromatic rings. The molecule has 0 bridgehead atoms. The quantitative estimate of drug-likeness (QED) is 0.307. The molecule has 0 unspecified atom stereocenters. The van der Waals surface area contributed by atoms with E-state index in [9.17, 15) is 12.8 Å². The minimum Gasteiger partial charge on any atom is -0.393 e. The predicted octanol–water partition coefficient (Wildman–Crippen LogP) is 3.00. The lowest BCUT2D eigenvalue weighted by molar-refractivity contribution is 0.109. The summed E-state index contributed by atoms with van der Waals surface area (Å²) in [5.41, 5.74) is 11.1. The molecule has 1 atom stereocenters. The predicted molar refractivity (Wildman–Crippen MR) is 125 cm³/mol. The summed E-state index contributed by atoms with van der Waals surface area (Å²) >= 11 is 0. The van der Waals surface area contributed by atoms with E-state index in [0.29, 0.717) is 24.2 Å². The fraction of sp³-hybridized carbons (Fsp3) is 0.304. The van der Waals surface area contributed by atoms with Crippen LogP contribution in [0.15, 0.2) is 47.9 Å². The molecule has 11 heteroatoms. The Kier molecular flexibility index (Phi) is 6.85. The van der Waals surface area contributed by atoms with Crippen molar-refractivity contribution in [2.75, 3.05) is 25.2 Å². The van der Waals surface area contributed by atoms with Crippen LogP contribution in [-0.4, -0.2) is 48.6 Å². The molecule has 1 aliphatic rings. The Hall–Kier alpha value is -3.44. The lowest BCUT2D eigenvalue weighted by Gasteiger charge is -2.28. The number of benzene rings is 1. The molecule has 2 aromatic heterocycles. The monoisotopic (exact) mass is 485 g/mol. The highest BCUT2D eigenvalue weighted by Gasteiger charge is 2.30. The average Bonchev–Trinajstić information content (AvgIpc) is 2.78. The van der Waals surface area contributed by atoms with E-state index in [-0.39, 0.29) is 30.9 Å². The van der Waals surface area contributed by atoms with E-state index in [1.165, 1.54) is 12.1 Å². The summed E-state index contributed by atoms with van der Waals surface area (Å²) in [5.74, 6) is -0.277. The normalized spacial score (nSPS) is 16.9. The molecule has 1 aromatic carbocycles. The summed E-state index contributed by atoms with van der Waals surface area (Å²) in [7, 11) is -3.57. The topological polar surface area (TPSA) is 130 Å². The number of aryl methyl sites for hydroxylation is 1. The molecule has 9 nitrogen and oxygen atoms in total. The lowest BCUT2D eigenvalue weighted by Crippen LogP contribution is -2.24. The first-order chi connectivity index (χ1) is 16.2. The van der Waals surface area contributed by atoms with Gasteiger partial charge in [0.1, 0.15) is 19.0 Å². The highest BCUT2D eigenvalue weighted by molar-refractivity contribution is 7.85. The molecule has 2 heterocycles. The van der Waals surface area contributed by atoms with Crippen LogP contribution in [0.5, 0.6) is 0 Å². The van der Waals surface area contributed by atoms with Gasteiger partial charge in [-0.15, -0.1) is 0 Å². The zero-order valence-electron chi connectivity index (χ0n) is 18.7. The number of nitrogens with zero attached hydrogens (tertiary/aromatic N) is 4. The Labute approximate surface area is 197 Å². The van der Waals surface area contributed by atoms with Crippen molar-refractivity contribution >= 4 is 21.8 Å². The second-order valence-electron chi connectivity index (χ2n) is 7.96. The van der Waals surface area contributed by atoms with Crippen LogP contribution >= 0.6 is 0 Å². The highest BCUT2D eigenvalue weighted by atomic mass is 32.2. The number of hydrogen-bond donors (Lipinski definition) is 1. The van der Waals surface area contributed by atoms with Gasteiger partial charge < -0.3 is 10.6 Å². The molecule has 0 fully saturated rings. The standard InChI is InChI=1S/C23H24FN5O4S/c1-14-22-20(28-23(25)27-14)10-16(11-21(22)29-32-8-9-33-34(2,30)31)18-6-5-17(24)12-19(18)15-4-3-7-26-13-15/h3-7,12-13,16H,8-11H2,1-2H3,(H2,25,27,28)/b29-21+/t16-/m0/s1. The molecule has 0 amide bonds. The number of anilines is 1. The molecular weight excluding hydrogens is 461 g/mol. The third-order valence-corrected chi connectivity index (χ3v) is 6.02. The van der Waals surface area contributed by atoms with Crippen LogP contribution < -0.4 is 5.73 Å². The minimum absolute atomic E-state index is 0.0526. The SMILES string of the molecule is Cc1nc(N)nc2c1/C(=N/OCCOS(C)(=O)=O)C[C@@H](c1ccc(F)cc1-c1cccnc1)C2. The maximum absolute atomic E-state index is 14.2.